The summed E-state index contributed by atoms with van der Waals surface area (Å²) in [7, 11) is 0. The second-order valence-corrected chi connectivity index (χ2v) is 7.60. The number of hydrazone groups is 1. The smallest absolute Gasteiger partial charge is 0.245 e. The Labute approximate surface area is 174 Å². The molecule has 1 aromatic carbocycles. The summed E-state index contributed by atoms with van der Waals surface area (Å²) in [5, 5.41) is 7.37. The first-order valence-electron chi connectivity index (χ1n) is 9.65. The van der Waals surface area contributed by atoms with Crippen LogP contribution in [0.2, 0.25) is 5.15 Å². The van der Waals surface area contributed by atoms with E-state index in [1.165, 1.54) is 5.01 Å². The third-order valence-electron chi connectivity index (χ3n) is 4.88. The summed E-state index contributed by atoms with van der Waals surface area (Å²) in [6.45, 7) is 6.23. The fourth-order valence-corrected chi connectivity index (χ4v) is 3.71. The van der Waals surface area contributed by atoms with Gasteiger partial charge in [-0.25, -0.2) is 9.99 Å². The fraction of sp³-hybridized carbons (Fsp3) is 0.318. The number of nitrogens with zero attached hydrogens (tertiary/aromatic N) is 3. The minimum atomic E-state index is -0.332. The quantitative estimate of drug-likeness (QED) is 0.540. The molecule has 0 unspecified atom stereocenters. The predicted molar refractivity (Wildman–Crippen MR) is 112 cm³/mol. The van der Waals surface area contributed by atoms with Gasteiger partial charge in [-0.1, -0.05) is 25.4 Å². The van der Waals surface area contributed by atoms with Crippen molar-refractivity contribution < 1.29 is 13.9 Å². The van der Waals surface area contributed by atoms with Crippen molar-refractivity contribution in [2.45, 2.75) is 33.2 Å². The Hall–Kier alpha value is -2.86. The number of amides is 1. The van der Waals surface area contributed by atoms with E-state index in [-0.39, 0.29) is 17.9 Å². The van der Waals surface area contributed by atoms with Crippen LogP contribution in [0.5, 0.6) is 5.75 Å². The average Bonchev–Trinajstić information content (AvgIpc) is 3.37. The standard InChI is InChI=1S/C22H22ClN3O3/c1-4-28-15-8-7-14-10-16(21(23)24-17(14)11-15)19-12-18(20-6-5-9-29-20)25-26(19)22(27)13(2)3/h5-11,13,19H,4,12H2,1-3H3/t19-/m0/s1. The van der Waals surface area contributed by atoms with Crippen LogP contribution in [0.25, 0.3) is 10.9 Å². The van der Waals surface area contributed by atoms with Gasteiger partial charge in [0.2, 0.25) is 5.91 Å². The van der Waals surface area contributed by atoms with Crippen LogP contribution in [-0.4, -0.2) is 28.2 Å². The van der Waals surface area contributed by atoms with Crippen LogP contribution in [0.1, 0.15) is 44.6 Å². The largest absolute Gasteiger partial charge is 0.494 e. The predicted octanol–water partition coefficient (Wildman–Crippen LogP) is 5.21. The van der Waals surface area contributed by atoms with Crippen LogP contribution >= 0.6 is 11.6 Å². The molecule has 0 N–H and O–H groups in total. The number of benzene rings is 1. The number of fused-ring (bicyclic) bond motifs is 1. The lowest BCUT2D eigenvalue weighted by Crippen LogP contribution is -2.30. The highest BCUT2D eigenvalue weighted by Crippen LogP contribution is 2.38. The van der Waals surface area contributed by atoms with Crippen LogP contribution in [0.15, 0.2) is 52.2 Å². The summed E-state index contributed by atoms with van der Waals surface area (Å²) in [5.74, 6) is 1.13. The van der Waals surface area contributed by atoms with Gasteiger partial charge in [-0.15, -0.1) is 0 Å². The maximum absolute atomic E-state index is 12.8. The maximum Gasteiger partial charge on any atom is 0.245 e. The topological polar surface area (TPSA) is 67.9 Å². The van der Waals surface area contributed by atoms with E-state index < -0.39 is 0 Å². The molecule has 150 valence electrons. The number of halogens is 1. The van der Waals surface area contributed by atoms with Crippen LogP contribution in [0.4, 0.5) is 0 Å². The van der Waals surface area contributed by atoms with Crippen molar-refractivity contribution in [2.75, 3.05) is 6.61 Å². The van der Waals surface area contributed by atoms with E-state index in [1.54, 1.807) is 12.3 Å². The molecule has 29 heavy (non-hydrogen) atoms. The van der Waals surface area contributed by atoms with Crippen LogP contribution in [0.3, 0.4) is 0 Å². The lowest BCUT2D eigenvalue weighted by atomic mass is 10.00. The molecule has 0 radical (unpaired) electrons. The van der Waals surface area contributed by atoms with E-state index in [1.807, 2.05) is 51.1 Å². The van der Waals surface area contributed by atoms with Crippen molar-refractivity contribution >= 4 is 34.1 Å². The van der Waals surface area contributed by atoms with Crippen molar-refractivity contribution in [3.05, 3.63) is 59.1 Å². The van der Waals surface area contributed by atoms with Gasteiger partial charge in [0.1, 0.15) is 22.4 Å². The highest BCUT2D eigenvalue weighted by molar-refractivity contribution is 6.30. The molecule has 1 aliphatic heterocycles. The average molecular weight is 412 g/mol. The highest BCUT2D eigenvalue weighted by Gasteiger charge is 2.36. The van der Waals surface area contributed by atoms with E-state index in [9.17, 15) is 4.79 Å². The molecule has 0 saturated heterocycles. The molecule has 4 rings (SSSR count). The van der Waals surface area contributed by atoms with Gasteiger partial charge in [-0.05, 0) is 37.3 Å². The van der Waals surface area contributed by atoms with E-state index >= 15 is 0 Å². The number of hydrogen-bond donors (Lipinski definition) is 0. The van der Waals surface area contributed by atoms with Crippen LogP contribution in [0, 0.1) is 5.92 Å². The number of rotatable bonds is 5. The second-order valence-electron chi connectivity index (χ2n) is 7.24. The molecular weight excluding hydrogens is 390 g/mol. The number of aromatic nitrogens is 1. The van der Waals surface area contributed by atoms with Crippen molar-refractivity contribution in [2.24, 2.45) is 11.0 Å². The Bertz CT molecular complexity index is 1080. The first kappa shape index (κ1) is 19.5. The highest BCUT2D eigenvalue weighted by atomic mass is 35.5. The first-order chi connectivity index (χ1) is 14.0. The Morgan fingerprint density at radius 1 is 1.34 bits per heavy atom. The third-order valence-corrected chi connectivity index (χ3v) is 5.18. The van der Waals surface area contributed by atoms with Gasteiger partial charge in [0, 0.05) is 29.4 Å². The summed E-state index contributed by atoms with van der Waals surface area (Å²) in [5.41, 5.74) is 2.23. The van der Waals surface area contributed by atoms with Gasteiger partial charge < -0.3 is 9.15 Å². The monoisotopic (exact) mass is 411 g/mol. The molecule has 1 aliphatic rings. The molecule has 1 amide bonds. The fourth-order valence-electron chi connectivity index (χ4n) is 3.44. The van der Waals surface area contributed by atoms with Gasteiger partial charge in [0.15, 0.2) is 0 Å². The molecule has 0 spiro atoms. The van der Waals surface area contributed by atoms with Crippen LogP contribution < -0.4 is 4.74 Å². The minimum absolute atomic E-state index is 0.0700. The molecule has 0 saturated carbocycles. The minimum Gasteiger partial charge on any atom is -0.494 e. The molecule has 3 aromatic rings. The summed E-state index contributed by atoms with van der Waals surface area (Å²) in [6, 6.07) is 11.0. The van der Waals surface area contributed by atoms with Gasteiger partial charge >= 0.3 is 0 Å². The Balaban J connectivity index is 1.75. The molecule has 7 heteroatoms. The lowest BCUT2D eigenvalue weighted by Gasteiger charge is -2.24. The van der Waals surface area contributed by atoms with Gasteiger partial charge in [0.25, 0.3) is 0 Å². The Morgan fingerprint density at radius 3 is 2.86 bits per heavy atom. The second kappa shape index (κ2) is 7.87. The molecule has 0 aliphatic carbocycles. The SMILES string of the molecule is CCOc1ccc2cc([C@@H]3CC(c4ccco4)=NN3C(=O)C(C)C)c(Cl)nc2c1. The Kier molecular flexibility index (Phi) is 5.28. The van der Waals surface area contributed by atoms with E-state index in [2.05, 4.69) is 10.1 Å². The molecule has 0 bridgehead atoms. The van der Waals surface area contributed by atoms with Crippen molar-refractivity contribution in [3.8, 4) is 5.75 Å². The normalized spacial score (nSPS) is 16.5. The summed E-state index contributed by atoms with van der Waals surface area (Å²) in [4.78, 5) is 17.4. The number of pyridine rings is 1. The van der Waals surface area contributed by atoms with Crippen molar-refractivity contribution in [1.82, 2.24) is 9.99 Å². The van der Waals surface area contributed by atoms with Gasteiger partial charge in [-0.3, -0.25) is 4.79 Å². The number of carbonyl (C=O) groups is 1. The zero-order chi connectivity index (χ0) is 20.5. The molecule has 0 fully saturated rings. The molecular formula is C22H22ClN3O3. The first-order valence-corrected chi connectivity index (χ1v) is 10.0. The van der Waals surface area contributed by atoms with E-state index in [0.29, 0.717) is 23.9 Å². The third kappa shape index (κ3) is 3.72. The van der Waals surface area contributed by atoms with Crippen molar-refractivity contribution in [1.29, 1.82) is 0 Å². The summed E-state index contributed by atoms with van der Waals surface area (Å²) in [6.07, 6.45) is 2.11. The summed E-state index contributed by atoms with van der Waals surface area (Å²) >= 11 is 6.57. The number of ether oxygens (including phenoxy) is 1. The number of carbonyl (C=O) groups excluding carboxylic acids is 1. The van der Waals surface area contributed by atoms with Crippen molar-refractivity contribution in [3.63, 3.8) is 0 Å². The van der Waals surface area contributed by atoms with E-state index in [0.717, 1.165) is 27.9 Å². The Morgan fingerprint density at radius 2 is 2.17 bits per heavy atom. The zero-order valence-corrected chi connectivity index (χ0v) is 17.3. The van der Waals surface area contributed by atoms with Crippen LogP contribution in [-0.2, 0) is 4.79 Å². The van der Waals surface area contributed by atoms with E-state index in [4.69, 9.17) is 20.8 Å². The molecule has 1 atom stereocenters. The lowest BCUT2D eigenvalue weighted by molar-refractivity contribution is -0.136. The van der Waals surface area contributed by atoms with Gasteiger partial charge in [0.05, 0.1) is 24.4 Å². The number of furan rings is 1. The summed E-state index contributed by atoms with van der Waals surface area (Å²) < 4.78 is 11.0. The molecule has 6 nitrogen and oxygen atoms in total. The zero-order valence-electron chi connectivity index (χ0n) is 16.6. The molecule has 3 heterocycles. The number of hydrogen-bond acceptors (Lipinski definition) is 5. The van der Waals surface area contributed by atoms with Gasteiger partial charge in [-0.2, -0.15) is 5.10 Å². The maximum atomic E-state index is 12.8. The molecule has 2 aromatic heterocycles.